The lowest BCUT2D eigenvalue weighted by Gasteiger charge is -2.19. The van der Waals surface area contributed by atoms with E-state index in [2.05, 4.69) is 19.2 Å². The van der Waals surface area contributed by atoms with E-state index >= 15 is 0 Å². The van der Waals surface area contributed by atoms with Crippen LogP contribution in [0.2, 0.25) is 4.34 Å². The number of nitrogens with one attached hydrogen (secondary N) is 1. The molecule has 2 atom stereocenters. The van der Waals surface area contributed by atoms with Crippen LogP contribution in [0.3, 0.4) is 0 Å². The van der Waals surface area contributed by atoms with Gasteiger partial charge < -0.3 is 10.1 Å². The number of ether oxygens (including phenoxy) is 1. The van der Waals surface area contributed by atoms with E-state index < -0.39 is 0 Å². The number of halogens is 1. The Kier molecular flexibility index (Phi) is 4.89. The topological polar surface area (TPSA) is 21.3 Å². The summed E-state index contributed by atoms with van der Waals surface area (Å²) in [6.07, 6.45) is 0.227. The van der Waals surface area contributed by atoms with Gasteiger partial charge in [-0.1, -0.05) is 11.6 Å². The van der Waals surface area contributed by atoms with Gasteiger partial charge in [0.05, 0.1) is 10.4 Å². The molecule has 0 aliphatic rings. The summed E-state index contributed by atoms with van der Waals surface area (Å²) in [5.41, 5.74) is 0. The summed E-state index contributed by atoms with van der Waals surface area (Å²) < 4.78 is 6.06. The molecule has 1 aromatic rings. The summed E-state index contributed by atoms with van der Waals surface area (Å²) in [5, 5.41) is 3.39. The average Bonchev–Trinajstić information content (AvgIpc) is 2.59. The van der Waals surface area contributed by atoms with Crippen LogP contribution in [0.5, 0.6) is 0 Å². The summed E-state index contributed by atoms with van der Waals surface area (Å²) in [4.78, 5) is 1.25. The third-order valence-corrected chi connectivity index (χ3v) is 3.53. The van der Waals surface area contributed by atoms with Gasteiger partial charge in [-0.15, -0.1) is 11.3 Å². The van der Waals surface area contributed by atoms with Crippen molar-refractivity contribution in [2.75, 3.05) is 7.11 Å². The molecule has 0 aromatic carbocycles. The second-order valence-electron chi connectivity index (χ2n) is 3.32. The van der Waals surface area contributed by atoms with Crippen molar-refractivity contribution in [2.24, 2.45) is 0 Å². The van der Waals surface area contributed by atoms with Gasteiger partial charge in [0.15, 0.2) is 0 Å². The van der Waals surface area contributed by atoms with E-state index in [-0.39, 0.29) is 6.10 Å². The van der Waals surface area contributed by atoms with Gasteiger partial charge >= 0.3 is 0 Å². The third-order valence-electron chi connectivity index (χ3n) is 2.30. The zero-order valence-corrected chi connectivity index (χ0v) is 10.3. The molecule has 0 amide bonds. The molecule has 1 N–H and O–H groups in total. The molecule has 2 nitrogen and oxygen atoms in total. The minimum Gasteiger partial charge on any atom is -0.380 e. The summed E-state index contributed by atoms with van der Waals surface area (Å²) in [6.45, 7) is 5.02. The van der Waals surface area contributed by atoms with Crippen LogP contribution in [0.1, 0.15) is 18.7 Å². The highest BCUT2D eigenvalue weighted by Crippen LogP contribution is 2.21. The maximum absolute atomic E-state index is 5.83. The lowest BCUT2D eigenvalue weighted by molar-refractivity contribution is 0.0883. The number of thiophene rings is 1. The Morgan fingerprint density at radius 1 is 1.50 bits per heavy atom. The van der Waals surface area contributed by atoms with Crippen molar-refractivity contribution < 1.29 is 4.74 Å². The van der Waals surface area contributed by atoms with Crippen LogP contribution in [0.4, 0.5) is 0 Å². The monoisotopic (exact) mass is 233 g/mol. The summed E-state index contributed by atoms with van der Waals surface area (Å²) in [5.74, 6) is 0. The van der Waals surface area contributed by atoms with Crippen molar-refractivity contribution in [1.29, 1.82) is 0 Å². The van der Waals surface area contributed by atoms with Crippen molar-refractivity contribution in [3.63, 3.8) is 0 Å². The molecule has 0 saturated heterocycles. The molecule has 4 heteroatoms. The first-order valence-corrected chi connectivity index (χ1v) is 5.83. The molecular weight excluding hydrogens is 218 g/mol. The Hall–Kier alpha value is -0.0900. The van der Waals surface area contributed by atoms with Gasteiger partial charge in [-0.2, -0.15) is 0 Å². The number of hydrogen-bond donors (Lipinski definition) is 1. The van der Waals surface area contributed by atoms with Crippen molar-refractivity contribution in [2.45, 2.75) is 32.5 Å². The second-order valence-corrected chi connectivity index (χ2v) is 5.12. The van der Waals surface area contributed by atoms with Crippen molar-refractivity contribution >= 4 is 22.9 Å². The van der Waals surface area contributed by atoms with Gasteiger partial charge in [0.25, 0.3) is 0 Å². The predicted molar refractivity (Wildman–Crippen MR) is 62.1 cm³/mol. The van der Waals surface area contributed by atoms with Gasteiger partial charge in [-0.3, -0.25) is 0 Å². The van der Waals surface area contributed by atoms with E-state index in [9.17, 15) is 0 Å². The fraction of sp³-hybridized carbons (Fsp3) is 0.600. The molecule has 0 aliphatic heterocycles. The van der Waals surface area contributed by atoms with Gasteiger partial charge in [0.2, 0.25) is 0 Å². The minimum atomic E-state index is 0.227. The molecule has 0 aliphatic carbocycles. The molecule has 0 bridgehead atoms. The van der Waals surface area contributed by atoms with Crippen molar-refractivity contribution in [1.82, 2.24) is 5.32 Å². The third kappa shape index (κ3) is 3.58. The van der Waals surface area contributed by atoms with Gasteiger partial charge in [0.1, 0.15) is 0 Å². The van der Waals surface area contributed by atoms with Crippen LogP contribution in [0, 0.1) is 0 Å². The van der Waals surface area contributed by atoms with Crippen molar-refractivity contribution in [3.8, 4) is 0 Å². The molecule has 14 heavy (non-hydrogen) atoms. The quantitative estimate of drug-likeness (QED) is 0.845. The van der Waals surface area contributed by atoms with Crippen LogP contribution in [-0.2, 0) is 11.3 Å². The zero-order chi connectivity index (χ0) is 10.6. The highest BCUT2D eigenvalue weighted by Gasteiger charge is 2.10. The molecule has 1 aromatic heterocycles. The predicted octanol–water partition coefficient (Wildman–Crippen LogP) is 2.91. The largest absolute Gasteiger partial charge is 0.380 e. The fourth-order valence-electron chi connectivity index (χ4n) is 1.08. The maximum atomic E-state index is 5.83. The second kappa shape index (κ2) is 5.71. The molecular formula is C10H16ClNOS. The van der Waals surface area contributed by atoms with E-state index in [1.165, 1.54) is 4.88 Å². The van der Waals surface area contributed by atoms with E-state index in [1.54, 1.807) is 18.4 Å². The SMILES string of the molecule is COC(C)C(C)NCc1ccc(Cl)s1. The molecule has 2 unspecified atom stereocenters. The molecule has 80 valence electrons. The van der Waals surface area contributed by atoms with Crippen LogP contribution >= 0.6 is 22.9 Å². The molecule has 0 fully saturated rings. The lowest BCUT2D eigenvalue weighted by Crippen LogP contribution is -2.35. The van der Waals surface area contributed by atoms with Gasteiger partial charge in [-0.25, -0.2) is 0 Å². The molecule has 0 spiro atoms. The van der Waals surface area contributed by atoms with E-state index in [0.29, 0.717) is 6.04 Å². The van der Waals surface area contributed by atoms with Gasteiger partial charge in [0, 0.05) is 24.6 Å². The first kappa shape index (κ1) is 12.0. The normalized spacial score (nSPS) is 15.4. The van der Waals surface area contributed by atoms with E-state index in [4.69, 9.17) is 16.3 Å². The molecule has 1 heterocycles. The smallest absolute Gasteiger partial charge is 0.0931 e. The first-order valence-electron chi connectivity index (χ1n) is 4.64. The Balaban J connectivity index is 2.33. The molecule has 1 rings (SSSR count). The van der Waals surface area contributed by atoms with Crippen LogP contribution in [-0.4, -0.2) is 19.3 Å². The van der Waals surface area contributed by atoms with Crippen LogP contribution < -0.4 is 5.32 Å². The highest BCUT2D eigenvalue weighted by molar-refractivity contribution is 7.16. The Labute approximate surface area is 94.2 Å². The van der Waals surface area contributed by atoms with E-state index in [1.807, 2.05) is 12.1 Å². The number of rotatable bonds is 5. The summed E-state index contributed by atoms with van der Waals surface area (Å²) in [6, 6.07) is 4.32. The maximum Gasteiger partial charge on any atom is 0.0931 e. The standard InChI is InChI=1S/C10H16ClNOS/c1-7(8(2)13-3)12-6-9-4-5-10(11)14-9/h4-5,7-8,12H,6H2,1-3H3. The lowest BCUT2D eigenvalue weighted by atomic mass is 10.2. The number of hydrogen-bond acceptors (Lipinski definition) is 3. The van der Waals surface area contributed by atoms with E-state index in [0.717, 1.165) is 10.9 Å². The fourth-order valence-corrected chi connectivity index (χ4v) is 2.12. The van der Waals surface area contributed by atoms with Crippen LogP contribution in [0.15, 0.2) is 12.1 Å². The number of methoxy groups -OCH3 is 1. The Morgan fingerprint density at radius 2 is 2.21 bits per heavy atom. The Morgan fingerprint density at radius 3 is 2.71 bits per heavy atom. The van der Waals surface area contributed by atoms with Crippen molar-refractivity contribution in [3.05, 3.63) is 21.3 Å². The highest BCUT2D eigenvalue weighted by atomic mass is 35.5. The Bertz CT molecular complexity index is 277. The van der Waals surface area contributed by atoms with Gasteiger partial charge in [-0.05, 0) is 26.0 Å². The average molecular weight is 234 g/mol. The zero-order valence-electron chi connectivity index (χ0n) is 8.71. The van der Waals surface area contributed by atoms with Crippen LogP contribution in [0.25, 0.3) is 0 Å². The molecule has 0 saturated carbocycles. The molecule has 0 radical (unpaired) electrons. The summed E-state index contributed by atoms with van der Waals surface area (Å²) in [7, 11) is 1.73. The minimum absolute atomic E-state index is 0.227. The summed E-state index contributed by atoms with van der Waals surface area (Å²) >= 11 is 7.44. The first-order chi connectivity index (χ1) is 6.63.